The standard InChI is InChI=1S/C23H28F3N5O7S2/c1-6-14(16-9-12(10-38-16)11(2)3)29-20-18(22(39(27,34)35)40(36,37)30-20)28-15-8-7-13(23(24,25)26)17(19(15)32)21(33)31(4)5/h7-11,14,28,32H,6H2,1-5H3,(H,29,30)(H2,27,34,35). The van der Waals surface area contributed by atoms with Crippen molar-refractivity contribution < 1.29 is 44.3 Å². The van der Waals surface area contributed by atoms with Gasteiger partial charge in [0, 0.05) is 14.1 Å². The topological polar surface area (TPSA) is 184 Å². The number of halogens is 3. The zero-order chi connectivity index (χ0) is 30.4. The highest BCUT2D eigenvalue weighted by molar-refractivity contribution is 8.13. The van der Waals surface area contributed by atoms with E-state index in [1.54, 1.807) is 13.0 Å². The number of anilines is 1. The molecule has 2 heterocycles. The molecule has 12 nitrogen and oxygen atoms in total. The molecule has 2 aromatic rings. The molecule has 0 spiro atoms. The fourth-order valence-corrected chi connectivity index (χ4v) is 6.51. The van der Waals surface area contributed by atoms with Gasteiger partial charge in [-0.05, 0) is 36.1 Å². The van der Waals surface area contributed by atoms with Crippen molar-refractivity contribution in [3.63, 3.8) is 0 Å². The third-order valence-electron chi connectivity index (χ3n) is 5.84. The van der Waals surface area contributed by atoms with E-state index in [2.05, 4.69) is 10.3 Å². The third kappa shape index (κ3) is 6.10. The number of rotatable bonds is 8. The Bertz CT molecular complexity index is 1610. The number of aliphatic imine (C=N–C) groups is 1. The zero-order valence-electron chi connectivity index (χ0n) is 22.0. The molecule has 220 valence electrons. The summed E-state index contributed by atoms with van der Waals surface area (Å²) in [7, 11) is -7.50. The summed E-state index contributed by atoms with van der Waals surface area (Å²) in [5, 5.41) is 18.2. The molecule has 1 aliphatic rings. The van der Waals surface area contributed by atoms with E-state index in [1.807, 2.05) is 18.6 Å². The number of primary sulfonamides is 1. The molecule has 17 heteroatoms. The van der Waals surface area contributed by atoms with E-state index in [4.69, 9.17) is 9.56 Å². The van der Waals surface area contributed by atoms with E-state index in [1.165, 1.54) is 6.26 Å². The monoisotopic (exact) mass is 607 g/mol. The first-order chi connectivity index (χ1) is 18.3. The number of hydrogen-bond acceptors (Lipinski definition) is 9. The van der Waals surface area contributed by atoms with Crippen LogP contribution in [-0.4, -0.2) is 52.7 Å². The second-order valence-electron chi connectivity index (χ2n) is 9.36. The largest absolute Gasteiger partial charge is 0.505 e. The summed E-state index contributed by atoms with van der Waals surface area (Å²) in [5.41, 5.74) is -3.17. The minimum absolute atomic E-state index is 0.0977. The van der Waals surface area contributed by atoms with Crippen molar-refractivity contribution in [3.8, 4) is 5.75 Å². The van der Waals surface area contributed by atoms with Crippen LogP contribution in [0.3, 0.4) is 0 Å². The molecule has 1 amide bonds. The molecular weight excluding hydrogens is 579 g/mol. The minimum atomic E-state index is -5.04. The number of amidine groups is 1. The Morgan fingerprint density at radius 3 is 2.38 bits per heavy atom. The Hall–Kier alpha value is -3.57. The van der Waals surface area contributed by atoms with Gasteiger partial charge in [-0.25, -0.2) is 22.0 Å². The Labute approximate surface area is 228 Å². The van der Waals surface area contributed by atoms with Gasteiger partial charge in [0.05, 0.1) is 23.1 Å². The molecular formula is C23H28F3N5O7S2. The summed E-state index contributed by atoms with van der Waals surface area (Å²) < 4.78 is 97.4. The first kappa shape index (κ1) is 31.0. The lowest BCUT2D eigenvalue weighted by Gasteiger charge is -2.20. The molecule has 0 radical (unpaired) electrons. The Morgan fingerprint density at radius 2 is 1.90 bits per heavy atom. The summed E-state index contributed by atoms with van der Waals surface area (Å²) >= 11 is 0. The highest BCUT2D eigenvalue weighted by atomic mass is 32.3. The molecule has 3 rings (SSSR count). The van der Waals surface area contributed by atoms with Crippen LogP contribution in [-0.2, 0) is 26.2 Å². The Kier molecular flexibility index (Phi) is 8.34. The van der Waals surface area contributed by atoms with Crippen molar-refractivity contribution in [2.75, 3.05) is 19.4 Å². The maximum atomic E-state index is 13.6. The van der Waals surface area contributed by atoms with Crippen LogP contribution in [0.15, 0.2) is 43.8 Å². The number of phenolic OH excluding ortho intramolecular Hbond substituents is 1. The zero-order valence-corrected chi connectivity index (χ0v) is 23.6. The number of furan rings is 1. The van der Waals surface area contributed by atoms with Crippen LogP contribution in [0.5, 0.6) is 5.75 Å². The van der Waals surface area contributed by atoms with E-state index in [-0.39, 0.29) is 12.3 Å². The molecule has 0 bridgehead atoms. The second kappa shape index (κ2) is 10.8. The van der Waals surface area contributed by atoms with Crippen molar-refractivity contribution in [1.82, 2.24) is 9.62 Å². The number of phenols is 1. The quantitative estimate of drug-likeness (QED) is 0.330. The number of sulfonamides is 2. The number of alkyl halides is 3. The lowest BCUT2D eigenvalue weighted by Crippen LogP contribution is -2.28. The van der Waals surface area contributed by atoms with Gasteiger partial charge in [-0.3, -0.25) is 14.5 Å². The Balaban J connectivity index is 2.25. The van der Waals surface area contributed by atoms with E-state index < -0.39 is 76.5 Å². The van der Waals surface area contributed by atoms with Crippen molar-refractivity contribution in [3.05, 3.63) is 56.8 Å². The molecule has 5 N–H and O–H groups in total. The summed E-state index contributed by atoms with van der Waals surface area (Å²) in [6, 6.07) is 2.06. The number of aromatic hydroxyl groups is 1. The fraction of sp³-hybridized carbons (Fsp3) is 0.391. The van der Waals surface area contributed by atoms with Crippen molar-refractivity contribution >= 4 is 37.5 Å². The van der Waals surface area contributed by atoms with Gasteiger partial charge in [0.15, 0.2) is 11.6 Å². The number of benzene rings is 1. The van der Waals surface area contributed by atoms with E-state index in [9.17, 15) is 39.9 Å². The fourth-order valence-electron chi connectivity index (χ4n) is 3.81. The second-order valence-corrected chi connectivity index (χ2v) is 12.7. The van der Waals surface area contributed by atoms with Gasteiger partial charge in [-0.1, -0.05) is 20.8 Å². The predicted octanol–water partition coefficient (Wildman–Crippen LogP) is 3.18. The van der Waals surface area contributed by atoms with Gasteiger partial charge in [-0.2, -0.15) is 13.2 Å². The van der Waals surface area contributed by atoms with Gasteiger partial charge < -0.3 is 19.7 Å². The van der Waals surface area contributed by atoms with Gasteiger partial charge in [0.1, 0.15) is 17.5 Å². The van der Waals surface area contributed by atoms with Crippen molar-refractivity contribution in [1.29, 1.82) is 0 Å². The Morgan fingerprint density at radius 1 is 1.27 bits per heavy atom. The lowest BCUT2D eigenvalue weighted by molar-refractivity contribution is -0.138. The first-order valence-electron chi connectivity index (χ1n) is 11.7. The van der Waals surface area contributed by atoms with Crippen LogP contribution >= 0.6 is 0 Å². The lowest BCUT2D eigenvalue weighted by atomic mass is 10.0. The summed E-state index contributed by atoms with van der Waals surface area (Å²) in [6.45, 7) is 5.54. The molecule has 1 unspecified atom stereocenters. The SMILES string of the molecule is CCC(N=C1NS(=O)(=O)C(S(N)(=O)=O)=C1Nc1ccc(C(F)(F)F)c(C(=O)N(C)C)c1O)c1cc(C(C)C)co1. The number of carbonyl (C=O) groups is 1. The maximum absolute atomic E-state index is 13.6. The summed E-state index contributed by atoms with van der Waals surface area (Å²) in [6.07, 6.45) is -3.28. The molecule has 0 saturated heterocycles. The van der Waals surface area contributed by atoms with Gasteiger partial charge in [0.25, 0.3) is 26.0 Å². The number of nitrogens with zero attached hydrogens (tertiary/aromatic N) is 2. The van der Waals surface area contributed by atoms with Gasteiger partial charge in [-0.15, -0.1) is 0 Å². The third-order valence-corrected chi connectivity index (χ3v) is 9.07. The number of amides is 1. The van der Waals surface area contributed by atoms with E-state index in [0.29, 0.717) is 17.9 Å². The van der Waals surface area contributed by atoms with Gasteiger partial charge >= 0.3 is 6.18 Å². The van der Waals surface area contributed by atoms with Gasteiger partial charge in [0.2, 0.25) is 4.24 Å². The molecule has 40 heavy (non-hydrogen) atoms. The van der Waals surface area contributed by atoms with Crippen molar-refractivity contribution in [2.24, 2.45) is 10.1 Å². The molecule has 1 aromatic carbocycles. The summed E-state index contributed by atoms with van der Waals surface area (Å²) in [4.78, 5) is 17.7. The molecule has 0 fully saturated rings. The number of nitrogens with one attached hydrogen (secondary N) is 2. The molecule has 0 aliphatic carbocycles. The first-order valence-corrected chi connectivity index (χ1v) is 14.7. The molecule has 1 aromatic heterocycles. The van der Waals surface area contributed by atoms with E-state index in [0.717, 1.165) is 24.6 Å². The number of hydrogen-bond donors (Lipinski definition) is 4. The maximum Gasteiger partial charge on any atom is 0.417 e. The summed E-state index contributed by atoms with van der Waals surface area (Å²) in [5.74, 6) is -2.56. The number of carbonyl (C=O) groups excluding carboxylic acids is 1. The molecule has 0 saturated carbocycles. The number of nitrogens with two attached hydrogens (primary N) is 1. The van der Waals surface area contributed by atoms with Crippen LogP contribution in [0.1, 0.15) is 66.4 Å². The van der Waals surface area contributed by atoms with Crippen LogP contribution in [0.25, 0.3) is 0 Å². The smallest absolute Gasteiger partial charge is 0.417 e. The van der Waals surface area contributed by atoms with Crippen LogP contribution in [0.2, 0.25) is 0 Å². The van der Waals surface area contributed by atoms with Crippen LogP contribution in [0, 0.1) is 0 Å². The molecule has 1 aliphatic heterocycles. The van der Waals surface area contributed by atoms with Crippen LogP contribution in [0.4, 0.5) is 18.9 Å². The predicted molar refractivity (Wildman–Crippen MR) is 140 cm³/mol. The van der Waals surface area contributed by atoms with Crippen LogP contribution < -0.4 is 15.2 Å². The highest BCUT2D eigenvalue weighted by Gasteiger charge is 2.43. The average Bonchev–Trinajstić information content (AvgIpc) is 3.39. The normalized spacial score (nSPS) is 17.3. The van der Waals surface area contributed by atoms with Crippen molar-refractivity contribution in [2.45, 2.75) is 45.3 Å². The highest BCUT2D eigenvalue weighted by Crippen LogP contribution is 2.41. The minimum Gasteiger partial charge on any atom is -0.505 e. The van der Waals surface area contributed by atoms with E-state index >= 15 is 0 Å². The average molecular weight is 608 g/mol. The molecule has 1 atom stereocenters.